The van der Waals surface area contributed by atoms with Crippen LogP contribution >= 0.6 is 0 Å². The molecule has 2 N–H and O–H groups in total. The topological polar surface area (TPSA) is 69.6 Å². The Labute approximate surface area is 115 Å². The number of hydrogen-bond donors (Lipinski definition) is 2. The Morgan fingerprint density at radius 1 is 1.40 bits per heavy atom. The normalized spacial score (nSPS) is 11.8. The van der Waals surface area contributed by atoms with Gasteiger partial charge in [-0.2, -0.15) is 0 Å². The van der Waals surface area contributed by atoms with Gasteiger partial charge in [0.25, 0.3) is 0 Å². The van der Waals surface area contributed by atoms with Crippen LogP contribution in [0.25, 0.3) is 0 Å². The molecule has 0 saturated heterocycles. The molecule has 7 heteroatoms. The number of carbonyl (C=O) groups excluding carboxylic acids is 2. The van der Waals surface area contributed by atoms with Crippen molar-refractivity contribution in [3.63, 3.8) is 0 Å². The molecule has 1 aromatic carbocycles. The van der Waals surface area contributed by atoms with E-state index in [9.17, 15) is 18.4 Å². The van der Waals surface area contributed by atoms with E-state index in [0.717, 1.165) is 23.1 Å². The van der Waals surface area contributed by atoms with Gasteiger partial charge in [0.05, 0.1) is 11.8 Å². The number of aliphatic hydroxyl groups excluding tert-OH is 1. The third-order valence-corrected chi connectivity index (χ3v) is 2.60. The van der Waals surface area contributed by atoms with Crippen LogP contribution in [0.15, 0.2) is 18.2 Å². The quantitative estimate of drug-likeness (QED) is 0.815. The van der Waals surface area contributed by atoms with Crippen molar-refractivity contribution in [3.8, 4) is 0 Å². The highest BCUT2D eigenvalue weighted by atomic mass is 19.1. The molecule has 110 valence electrons. The minimum Gasteiger partial charge on any atom is -0.393 e. The molecule has 2 amide bonds. The Kier molecular flexibility index (Phi) is 5.57. The molecule has 0 saturated carbocycles. The molecule has 0 aliphatic rings. The van der Waals surface area contributed by atoms with Crippen molar-refractivity contribution in [1.29, 1.82) is 0 Å². The standard InChI is InChI=1S/C13H16F2N2O3/c1-8(18)5-6-17(2)13(20)12(19)16-11-7-9(14)3-4-10(11)15/h3-4,7-8,18H,5-6H2,1-2H3,(H,16,19). The molecule has 1 rings (SSSR count). The molecular formula is C13H16F2N2O3. The molecule has 0 fully saturated rings. The van der Waals surface area contributed by atoms with E-state index in [-0.39, 0.29) is 6.54 Å². The first kappa shape index (κ1) is 16.0. The molecular weight excluding hydrogens is 270 g/mol. The lowest BCUT2D eigenvalue weighted by Gasteiger charge is -2.17. The Morgan fingerprint density at radius 2 is 2.05 bits per heavy atom. The summed E-state index contributed by atoms with van der Waals surface area (Å²) in [5.74, 6) is -3.52. The Bertz CT molecular complexity index is 506. The third kappa shape index (κ3) is 4.58. The largest absolute Gasteiger partial charge is 0.393 e. The van der Waals surface area contributed by atoms with E-state index in [1.165, 1.54) is 7.05 Å². The summed E-state index contributed by atoms with van der Waals surface area (Å²) < 4.78 is 26.2. The first-order valence-electron chi connectivity index (χ1n) is 6.01. The lowest BCUT2D eigenvalue weighted by atomic mass is 10.2. The average Bonchev–Trinajstić information content (AvgIpc) is 2.39. The van der Waals surface area contributed by atoms with E-state index < -0.39 is 35.2 Å². The molecule has 5 nitrogen and oxygen atoms in total. The van der Waals surface area contributed by atoms with Gasteiger partial charge in [0, 0.05) is 19.7 Å². The van der Waals surface area contributed by atoms with Crippen LogP contribution in [0.1, 0.15) is 13.3 Å². The second-order valence-electron chi connectivity index (χ2n) is 4.44. The Morgan fingerprint density at radius 3 is 2.65 bits per heavy atom. The van der Waals surface area contributed by atoms with Crippen LogP contribution in [0.4, 0.5) is 14.5 Å². The molecule has 0 aliphatic carbocycles. The zero-order chi connectivity index (χ0) is 15.3. The summed E-state index contributed by atoms with van der Waals surface area (Å²) in [5.41, 5.74) is -0.396. The van der Waals surface area contributed by atoms with Crippen molar-refractivity contribution in [2.75, 3.05) is 18.9 Å². The van der Waals surface area contributed by atoms with E-state index in [1.54, 1.807) is 6.92 Å². The number of halogens is 2. The number of amides is 2. The highest BCUT2D eigenvalue weighted by Gasteiger charge is 2.20. The molecule has 0 radical (unpaired) electrons. The van der Waals surface area contributed by atoms with Gasteiger partial charge in [-0.05, 0) is 25.5 Å². The highest BCUT2D eigenvalue weighted by Crippen LogP contribution is 2.15. The van der Waals surface area contributed by atoms with Gasteiger partial charge in [-0.1, -0.05) is 0 Å². The molecule has 0 aliphatic heterocycles. The minimum atomic E-state index is -1.07. The number of likely N-dealkylation sites (N-methyl/N-ethyl adjacent to an activating group) is 1. The summed E-state index contributed by atoms with van der Waals surface area (Å²) in [5, 5.41) is 11.1. The summed E-state index contributed by atoms with van der Waals surface area (Å²) in [6.07, 6.45) is -0.293. The average molecular weight is 286 g/mol. The predicted molar refractivity (Wildman–Crippen MR) is 68.9 cm³/mol. The molecule has 0 aromatic heterocycles. The van der Waals surface area contributed by atoms with Crippen LogP contribution in [-0.4, -0.2) is 41.5 Å². The van der Waals surface area contributed by atoms with Gasteiger partial charge in [0.1, 0.15) is 11.6 Å². The fraction of sp³-hybridized carbons (Fsp3) is 0.385. The van der Waals surface area contributed by atoms with Crippen LogP contribution in [0.2, 0.25) is 0 Å². The minimum absolute atomic E-state index is 0.176. The molecule has 1 unspecified atom stereocenters. The fourth-order valence-corrected chi connectivity index (χ4v) is 1.42. The van der Waals surface area contributed by atoms with Crippen LogP contribution in [-0.2, 0) is 9.59 Å². The molecule has 1 aromatic rings. The zero-order valence-electron chi connectivity index (χ0n) is 11.2. The van der Waals surface area contributed by atoms with Crippen LogP contribution < -0.4 is 5.32 Å². The van der Waals surface area contributed by atoms with Crippen molar-refractivity contribution < 1.29 is 23.5 Å². The number of nitrogens with one attached hydrogen (secondary N) is 1. The van der Waals surface area contributed by atoms with E-state index in [1.807, 2.05) is 5.32 Å². The maximum absolute atomic E-state index is 13.3. The van der Waals surface area contributed by atoms with E-state index in [2.05, 4.69) is 0 Å². The fourth-order valence-electron chi connectivity index (χ4n) is 1.42. The summed E-state index contributed by atoms with van der Waals surface area (Å²) in [4.78, 5) is 24.4. The second-order valence-corrected chi connectivity index (χ2v) is 4.44. The molecule has 1 atom stereocenters. The number of anilines is 1. The maximum Gasteiger partial charge on any atom is 0.313 e. The van der Waals surface area contributed by atoms with Crippen LogP contribution in [0, 0.1) is 11.6 Å². The number of rotatable bonds is 4. The van der Waals surface area contributed by atoms with Gasteiger partial charge in [-0.3, -0.25) is 9.59 Å². The van der Waals surface area contributed by atoms with Crippen molar-refractivity contribution in [1.82, 2.24) is 4.90 Å². The highest BCUT2D eigenvalue weighted by molar-refractivity contribution is 6.39. The van der Waals surface area contributed by atoms with Gasteiger partial charge in [0.15, 0.2) is 0 Å². The summed E-state index contributed by atoms with van der Waals surface area (Å²) in [6, 6.07) is 2.55. The van der Waals surface area contributed by atoms with E-state index >= 15 is 0 Å². The van der Waals surface area contributed by atoms with Crippen molar-refractivity contribution in [2.24, 2.45) is 0 Å². The number of aliphatic hydroxyl groups is 1. The van der Waals surface area contributed by atoms with Crippen molar-refractivity contribution in [3.05, 3.63) is 29.8 Å². The van der Waals surface area contributed by atoms with E-state index in [4.69, 9.17) is 5.11 Å². The first-order chi connectivity index (χ1) is 9.31. The number of benzene rings is 1. The van der Waals surface area contributed by atoms with Gasteiger partial charge < -0.3 is 15.3 Å². The SMILES string of the molecule is CC(O)CCN(C)C(=O)C(=O)Nc1cc(F)ccc1F. The molecule has 20 heavy (non-hydrogen) atoms. The monoisotopic (exact) mass is 286 g/mol. The zero-order valence-corrected chi connectivity index (χ0v) is 11.2. The molecule has 0 spiro atoms. The summed E-state index contributed by atoms with van der Waals surface area (Å²) in [6.45, 7) is 1.73. The van der Waals surface area contributed by atoms with Gasteiger partial charge in [0.2, 0.25) is 0 Å². The number of nitrogens with zero attached hydrogens (tertiary/aromatic N) is 1. The maximum atomic E-state index is 13.3. The Balaban J connectivity index is 2.66. The molecule has 0 bridgehead atoms. The van der Waals surface area contributed by atoms with Gasteiger partial charge in [-0.25, -0.2) is 8.78 Å². The summed E-state index contributed by atoms with van der Waals surface area (Å²) >= 11 is 0. The number of carbonyl (C=O) groups is 2. The van der Waals surface area contributed by atoms with E-state index in [0.29, 0.717) is 6.42 Å². The smallest absolute Gasteiger partial charge is 0.313 e. The Hall–Kier alpha value is -2.02. The predicted octanol–water partition coefficient (Wildman–Crippen LogP) is 1.13. The lowest BCUT2D eigenvalue weighted by molar-refractivity contribution is -0.142. The molecule has 0 heterocycles. The van der Waals surface area contributed by atoms with Crippen molar-refractivity contribution in [2.45, 2.75) is 19.4 Å². The first-order valence-corrected chi connectivity index (χ1v) is 6.01. The lowest BCUT2D eigenvalue weighted by Crippen LogP contribution is -2.38. The van der Waals surface area contributed by atoms with Crippen LogP contribution in [0.3, 0.4) is 0 Å². The van der Waals surface area contributed by atoms with Gasteiger partial charge in [-0.15, -0.1) is 0 Å². The van der Waals surface area contributed by atoms with Crippen LogP contribution in [0.5, 0.6) is 0 Å². The van der Waals surface area contributed by atoms with Gasteiger partial charge >= 0.3 is 11.8 Å². The van der Waals surface area contributed by atoms with Crippen molar-refractivity contribution >= 4 is 17.5 Å². The summed E-state index contributed by atoms with van der Waals surface area (Å²) in [7, 11) is 1.38. The number of hydrogen-bond acceptors (Lipinski definition) is 3. The second kappa shape index (κ2) is 6.95. The third-order valence-electron chi connectivity index (χ3n) is 2.60.